The quantitative estimate of drug-likeness (QED) is 0.882. The summed E-state index contributed by atoms with van der Waals surface area (Å²) in [6, 6.07) is 8.19. The maximum absolute atomic E-state index is 10.2. The third-order valence-corrected chi connectivity index (χ3v) is 4.17. The van der Waals surface area contributed by atoms with Crippen LogP contribution in [0.3, 0.4) is 0 Å². The Bertz CT molecular complexity index is 400. The van der Waals surface area contributed by atoms with E-state index in [0.717, 1.165) is 18.5 Å². The highest BCUT2D eigenvalue weighted by molar-refractivity contribution is 5.24. The first-order chi connectivity index (χ1) is 8.49. The molecular formula is C16H25NO. The molecule has 1 aliphatic heterocycles. The second kappa shape index (κ2) is 5.41. The summed E-state index contributed by atoms with van der Waals surface area (Å²) in [5.41, 5.74) is 2.58. The maximum Gasteiger partial charge on any atom is 0.0802 e. The average Bonchev–Trinajstić information content (AvgIpc) is 2.65. The van der Waals surface area contributed by atoms with Crippen molar-refractivity contribution >= 4 is 0 Å². The van der Waals surface area contributed by atoms with Crippen LogP contribution < -0.4 is 0 Å². The Morgan fingerprint density at radius 1 is 1.39 bits per heavy atom. The van der Waals surface area contributed by atoms with Gasteiger partial charge in [0.15, 0.2) is 0 Å². The van der Waals surface area contributed by atoms with Crippen molar-refractivity contribution in [3.8, 4) is 0 Å². The minimum Gasteiger partial charge on any atom is -0.388 e. The Labute approximate surface area is 111 Å². The molecule has 1 unspecified atom stereocenters. The van der Waals surface area contributed by atoms with Crippen molar-refractivity contribution in [3.05, 3.63) is 35.4 Å². The minimum atomic E-state index is -0.332. The highest BCUT2D eigenvalue weighted by Crippen LogP contribution is 2.29. The summed E-state index contributed by atoms with van der Waals surface area (Å²) in [5, 5.41) is 10.2. The predicted molar refractivity (Wildman–Crippen MR) is 75.6 cm³/mol. The lowest BCUT2D eigenvalue weighted by Gasteiger charge is -2.32. The molecule has 0 amide bonds. The van der Waals surface area contributed by atoms with Gasteiger partial charge in [-0.3, -0.25) is 4.90 Å². The molecule has 0 saturated carbocycles. The van der Waals surface area contributed by atoms with Crippen LogP contribution >= 0.6 is 0 Å². The van der Waals surface area contributed by atoms with E-state index < -0.39 is 0 Å². The van der Waals surface area contributed by atoms with Crippen LogP contribution in [0.2, 0.25) is 0 Å². The molecule has 1 N–H and O–H groups in total. The maximum atomic E-state index is 10.2. The third-order valence-electron chi connectivity index (χ3n) is 4.17. The van der Waals surface area contributed by atoms with Gasteiger partial charge in [0.05, 0.1) is 6.10 Å². The van der Waals surface area contributed by atoms with E-state index in [9.17, 15) is 5.11 Å². The number of benzene rings is 1. The molecule has 18 heavy (non-hydrogen) atoms. The van der Waals surface area contributed by atoms with Crippen LogP contribution in [-0.4, -0.2) is 28.6 Å². The number of aryl methyl sites for hydroxylation is 1. The van der Waals surface area contributed by atoms with Gasteiger partial charge >= 0.3 is 0 Å². The monoisotopic (exact) mass is 247 g/mol. The van der Waals surface area contributed by atoms with E-state index in [1.807, 2.05) is 12.1 Å². The number of nitrogens with zero attached hydrogens (tertiary/aromatic N) is 1. The van der Waals surface area contributed by atoms with Crippen molar-refractivity contribution in [1.29, 1.82) is 0 Å². The van der Waals surface area contributed by atoms with Gasteiger partial charge in [0.1, 0.15) is 0 Å². The molecule has 1 aromatic carbocycles. The molecule has 1 aromatic rings. The van der Waals surface area contributed by atoms with Crippen molar-refractivity contribution in [1.82, 2.24) is 4.90 Å². The van der Waals surface area contributed by atoms with Gasteiger partial charge in [-0.05, 0) is 52.1 Å². The normalized spacial score (nSPS) is 21.1. The van der Waals surface area contributed by atoms with Crippen LogP contribution in [0.4, 0.5) is 0 Å². The molecule has 1 saturated heterocycles. The van der Waals surface area contributed by atoms with E-state index >= 15 is 0 Å². The minimum absolute atomic E-state index is 0.312. The second-order valence-electron chi connectivity index (χ2n) is 6.12. The second-order valence-corrected chi connectivity index (χ2v) is 6.12. The van der Waals surface area contributed by atoms with Crippen molar-refractivity contribution in [2.75, 3.05) is 13.1 Å². The molecule has 100 valence electrons. The highest BCUT2D eigenvalue weighted by Gasteiger charge is 2.31. The molecule has 2 rings (SSSR count). The number of hydrogen-bond donors (Lipinski definition) is 1. The van der Waals surface area contributed by atoms with Crippen molar-refractivity contribution in [2.45, 2.75) is 51.7 Å². The van der Waals surface area contributed by atoms with Gasteiger partial charge in [0.25, 0.3) is 0 Å². The summed E-state index contributed by atoms with van der Waals surface area (Å²) < 4.78 is 0. The summed E-state index contributed by atoms with van der Waals surface area (Å²) in [4.78, 5) is 2.51. The molecule has 0 spiro atoms. The lowest BCUT2D eigenvalue weighted by Crippen LogP contribution is -2.39. The summed E-state index contributed by atoms with van der Waals surface area (Å²) in [5.74, 6) is 0. The molecule has 1 heterocycles. The fourth-order valence-corrected chi connectivity index (χ4v) is 2.90. The van der Waals surface area contributed by atoms with Gasteiger partial charge in [0, 0.05) is 12.1 Å². The lowest BCUT2D eigenvalue weighted by atomic mass is 10.0. The van der Waals surface area contributed by atoms with Gasteiger partial charge < -0.3 is 5.11 Å². The number of rotatable bonds is 4. The summed E-state index contributed by atoms with van der Waals surface area (Å²) in [7, 11) is 0. The number of hydrogen-bond acceptors (Lipinski definition) is 2. The fraction of sp³-hybridized carbons (Fsp3) is 0.625. The SMILES string of the molecule is Cc1cccc(C(O)CCN2CCCC2(C)C)c1. The third kappa shape index (κ3) is 3.12. The zero-order valence-corrected chi connectivity index (χ0v) is 11.8. The van der Waals surface area contributed by atoms with Crippen LogP contribution in [0.15, 0.2) is 24.3 Å². The van der Waals surface area contributed by atoms with Crippen LogP contribution in [0.5, 0.6) is 0 Å². The predicted octanol–water partition coefficient (Wildman–Crippen LogP) is 3.29. The van der Waals surface area contributed by atoms with Crippen molar-refractivity contribution in [2.24, 2.45) is 0 Å². The van der Waals surface area contributed by atoms with Gasteiger partial charge in [-0.2, -0.15) is 0 Å². The van der Waals surface area contributed by atoms with Crippen molar-refractivity contribution < 1.29 is 5.11 Å². The first-order valence-electron chi connectivity index (χ1n) is 6.99. The molecule has 0 aliphatic carbocycles. The zero-order valence-electron chi connectivity index (χ0n) is 11.8. The van der Waals surface area contributed by atoms with Gasteiger partial charge in [-0.15, -0.1) is 0 Å². The molecule has 0 radical (unpaired) electrons. The zero-order chi connectivity index (χ0) is 13.2. The number of likely N-dealkylation sites (tertiary alicyclic amines) is 1. The smallest absolute Gasteiger partial charge is 0.0802 e. The van der Waals surface area contributed by atoms with E-state index in [-0.39, 0.29) is 6.10 Å². The molecule has 2 heteroatoms. The topological polar surface area (TPSA) is 23.5 Å². The van der Waals surface area contributed by atoms with E-state index in [2.05, 4.69) is 37.8 Å². The van der Waals surface area contributed by atoms with E-state index in [0.29, 0.717) is 5.54 Å². The standard InChI is InChI=1S/C16H25NO/c1-13-6-4-7-14(12-13)15(18)8-11-17-10-5-9-16(17,2)3/h4,6-7,12,15,18H,5,8-11H2,1-3H3. The fourth-order valence-electron chi connectivity index (χ4n) is 2.90. The van der Waals surface area contributed by atoms with Crippen LogP contribution in [0, 0.1) is 6.92 Å². The molecule has 2 nitrogen and oxygen atoms in total. The molecule has 1 fully saturated rings. The summed E-state index contributed by atoms with van der Waals surface area (Å²) >= 11 is 0. The first-order valence-corrected chi connectivity index (χ1v) is 6.99. The Hall–Kier alpha value is -0.860. The summed E-state index contributed by atoms with van der Waals surface area (Å²) in [6.45, 7) is 8.84. The molecular weight excluding hydrogens is 222 g/mol. The van der Waals surface area contributed by atoms with E-state index in [1.54, 1.807) is 0 Å². The van der Waals surface area contributed by atoms with Crippen LogP contribution in [0.25, 0.3) is 0 Å². The van der Waals surface area contributed by atoms with Gasteiger partial charge in [-0.1, -0.05) is 29.8 Å². The number of aliphatic hydroxyl groups is 1. The largest absolute Gasteiger partial charge is 0.388 e. The van der Waals surface area contributed by atoms with Crippen LogP contribution in [0.1, 0.15) is 50.3 Å². The first kappa shape index (κ1) is 13.6. The number of aliphatic hydroxyl groups excluding tert-OH is 1. The highest BCUT2D eigenvalue weighted by atomic mass is 16.3. The molecule has 1 aliphatic rings. The molecule has 0 bridgehead atoms. The Kier molecular flexibility index (Phi) is 4.08. The van der Waals surface area contributed by atoms with Crippen molar-refractivity contribution in [3.63, 3.8) is 0 Å². The lowest BCUT2D eigenvalue weighted by molar-refractivity contribution is 0.115. The molecule has 1 atom stereocenters. The summed E-state index contributed by atoms with van der Waals surface area (Å²) in [6.07, 6.45) is 3.05. The molecule has 0 aromatic heterocycles. The average molecular weight is 247 g/mol. The van der Waals surface area contributed by atoms with Gasteiger partial charge in [-0.25, -0.2) is 0 Å². The van der Waals surface area contributed by atoms with Gasteiger partial charge in [0.2, 0.25) is 0 Å². The van der Waals surface area contributed by atoms with Crippen LogP contribution in [-0.2, 0) is 0 Å². The Morgan fingerprint density at radius 2 is 2.17 bits per heavy atom. The van der Waals surface area contributed by atoms with E-state index in [1.165, 1.54) is 24.9 Å². The van der Waals surface area contributed by atoms with E-state index in [4.69, 9.17) is 0 Å². The Balaban J connectivity index is 1.90. The Morgan fingerprint density at radius 3 is 2.78 bits per heavy atom.